The highest BCUT2D eigenvalue weighted by atomic mass is 16.2. The number of benzene rings is 2. The molecular formula is C19H23N3O. The van der Waals surface area contributed by atoms with Crippen LogP contribution in [0.25, 0.3) is 0 Å². The topological polar surface area (TPSA) is 53.5 Å². The summed E-state index contributed by atoms with van der Waals surface area (Å²) in [6.45, 7) is 7.75. The number of hydrazone groups is 1. The fraction of sp³-hybridized carbons (Fsp3) is 0.263. The Labute approximate surface area is 137 Å². The third-order valence-electron chi connectivity index (χ3n) is 3.76. The molecule has 0 aliphatic rings. The van der Waals surface area contributed by atoms with E-state index in [1.807, 2.05) is 76.2 Å². The van der Waals surface area contributed by atoms with Gasteiger partial charge in [0.2, 0.25) is 0 Å². The molecule has 4 heteroatoms. The molecule has 0 saturated carbocycles. The molecule has 0 aliphatic carbocycles. The van der Waals surface area contributed by atoms with Gasteiger partial charge < -0.3 is 5.32 Å². The molecule has 120 valence electrons. The van der Waals surface area contributed by atoms with Crippen molar-refractivity contribution < 1.29 is 4.79 Å². The molecule has 0 aliphatic heterocycles. The monoisotopic (exact) mass is 309 g/mol. The van der Waals surface area contributed by atoms with Crippen LogP contribution < -0.4 is 10.7 Å². The van der Waals surface area contributed by atoms with E-state index in [0.717, 1.165) is 28.1 Å². The van der Waals surface area contributed by atoms with Crippen LogP contribution in [-0.2, 0) is 4.79 Å². The molecule has 1 atom stereocenters. The minimum atomic E-state index is -0.373. The van der Waals surface area contributed by atoms with Gasteiger partial charge >= 0.3 is 0 Å². The van der Waals surface area contributed by atoms with Gasteiger partial charge in [-0.2, -0.15) is 5.10 Å². The second-order valence-corrected chi connectivity index (χ2v) is 5.67. The molecular weight excluding hydrogens is 286 g/mol. The van der Waals surface area contributed by atoms with Gasteiger partial charge in [0.25, 0.3) is 5.91 Å². The Bertz CT molecular complexity index is 688. The van der Waals surface area contributed by atoms with E-state index >= 15 is 0 Å². The summed E-state index contributed by atoms with van der Waals surface area (Å²) in [5.74, 6) is -0.164. The van der Waals surface area contributed by atoms with Gasteiger partial charge in [-0.3, -0.25) is 4.79 Å². The Kier molecular flexibility index (Phi) is 5.52. The van der Waals surface area contributed by atoms with Gasteiger partial charge in [-0.25, -0.2) is 5.43 Å². The van der Waals surface area contributed by atoms with Gasteiger partial charge in [-0.1, -0.05) is 48.5 Å². The Morgan fingerprint density at radius 3 is 2.22 bits per heavy atom. The van der Waals surface area contributed by atoms with Crippen LogP contribution in [0.4, 0.5) is 5.69 Å². The van der Waals surface area contributed by atoms with Crippen molar-refractivity contribution in [1.82, 2.24) is 5.43 Å². The first kappa shape index (κ1) is 16.7. The average Bonchev–Trinajstić information content (AvgIpc) is 2.56. The van der Waals surface area contributed by atoms with Crippen molar-refractivity contribution in [2.45, 2.75) is 33.7 Å². The lowest BCUT2D eigenvalue weighted by Crippen LogP contribution is -2.35. The molecule has 23 heavy (non-hydrogen) atoms. The smallest absolute Gasteiger partial charge is 0.262 e. The third kappa shape index (κ3) is 4.42. The molecule has 0 fully saturated rings. The lowest BCUT2D eigenvalue weighted by atomic mass is 10.1. The van der Waals surface area contributed by atoms with E-state index < -0.39 is 0 Å². The summed E-state index contributed by atoms with van der Waals surface area (Å²) >= 11 is 0. The predicted octanol–water partition coefficient (Wildman–Crippen LogP) is 3.64. The van der Waals surface area contributed by atoms with Crippen molar-refractivity contribution in [1.29, 1.82) is 0 Å². The van der Waals surface area contributed by atoms with Crippen LogP contribution in [0.3, 0.4) is 0 Å². The molecule has 0 saturated heterocycles. The first-order valence-corrected chi connectivity index (χ1v) is 7.71. The predicted molar refractivity (Wildman–Crippen MR) is 95.8 cm³/mol. The van der Waals surface area contributed by atoms with Crippen LogP contribution >= 0.6 is 0 Å². The lowest BCUT2D eigenvalue weighted by molar-refractivity contribution is -0.121. The maximum atomic E-state index is 12.2. The Balaban J connectivity index is 2.01. The van der Waals surface area contributed by atoms with E-state index in [9.17, 15) is 4.79 Å². The SMILES string of the molecule is C/C(=N/NC(=O)[C@H](C)Nc1c(C)cccc1C)c1ccccc1. The van der Waals surface area contributed by atoms with Crippen molar-refractivity contribution in [3.63, 3.8) is 0 Å². The van der Waals surface area contributed by atoms with Gasteiger partial charge in [-0.05, 0) is 44.4 Å². The van der Waals surface area contributed by atoms with Crippen molar-refractivity contribution in [3.05, 3.63) is 65.2 Å². The van der Waals surface area contributed by atoms with Gasteiger partial charge in [0.05, 0.1) is 5.71 Å². The summed E-state index contributed by atoms with van der Waals surface area (Å²) in [4.78, 5) is 12.2. The Morgan fingerprint density at radius 1 is 1.00 bits per heavy atom. The van der Waals surface area contributed by atoms with Crippen LogP contribution in [0.15, 0.2) is 53.6 Å². The number of carbonyl (C=O) groups excluding carboxylic acids is 1. The van der Waals surface area contributed by atoms with E-state index in [-0.39, 0.29) is 11.9 Å². The summed E-state index contributed by atoms with van der Waals surface area (Å²) in [7, 11) is 0. The molecule has 0 aromatic heterocycles. The quantitative estimate of drug-likeness (QED) is 0.654. The number of rotatable bonds is 5. The molecule has 0 heterocycles. The van der Waals surface area contributed by atoms with E-state index in [1.54, 1.807) is 0 Å². The van der Waals surface area contributed by atoms with E-state index in [2.05, 4.69) is 15.8 Å². The van der Waals surface area contributed by atoms with Crippen LogP contribution in [0.5, 0.6) is 0 Å². The minimum absolute atomic E-state index is 0.164. The molecule has 2 aromatic carbocycles. The number of anilines is 1. The zero-order valence-electron chi connectivity index (χ0n) is 14.1. The molecule has 0 spiro atoms. The van der Waals surface area contributed by atoms with E-state index in [1.165, 1.54) is 0 Å². The Morgan fingerprint density at radius 2 is 1.61 bits per heavy atom. The number of para-hydroxylation sites is 1. The normalized spacial score (nSPS) is 12.6. The Hall–Kier alpha value is -2.62. The van der Waals surface area contributed by atoms with Gasteiger partial charge in [0.1, 0.15) is 6.04 Å². The second kappa shape index (κ2) is 7.58. The zero-order chi connectivity index (χ0) is 16.8. The summed E-state index contributed by atoms with van der Waals surface area (Å²) < 4.78 is 0. The summed E-state index contributed by atoms with van der Waals surface area (Å²) in [5.41, 5.74) is 7.63. The minimum Gasteiger partial charge on any atom is -0.373 e. The molecule has 2 N–H and O–H groups in total. The number of nitrogens with zero attached hydrogens (tertiary/aromatic N) is 1. The van der Waals surface area contributed by atoms with Gasteiger partial charge in [-0.15, -0.1) is 0 Å². The maximum Gasteiger partial charge on any atom is 0.262 e. The van der Waals surface area contributed by atoms with E-state index in [0.29, 0.717) is 0 Å². The first-order chi connectivity index (χ1) is 11.0. The first-order valence-electron chi connectivity index (χ1n) is 7.71. The molecule has 1 amide bonds. The van der Waals surface area contributed by atoms with Crippen LogP contribution in [0.1, 0.15) is 30.5 Å². The van der Waals surface area contributed by atoms with Crippen molar-refractivity contribution in [2.24, 2.45) is 5.10 Å². The summed E-state index contributed by atoms with van der Waals surface area (Å²) in [6, 6.07) is 15.5. The highest BCUT2D eigenvalue weighted by molar-refractivity contribution is 5.99. The highest BCUT2D eigenvalue weighted by Crippen LogP contribution is 2.20. The number of amides is 1. The zero-order valence-corrected chi connectivity index (χ0v) is 14.1. The molecule has 0 bridgehead atoms. The second-order valence-electron chi connectivity index (χ2n) is 5.67. The molecule has 2 rings (SSSR count). The van der Waals surface area contributed by atoms with E-state index in [4.69, 9.17) is 0 Å². The van der Waals surface area contributed by atoms with Crippen molar-refractivity contribution >= 4 is 17.3 Å². The molecule has 0 unspecified atom stereocenters. The van der Waals surface area contributed by atoms with Gasteiger partial charge in [0.15, 0.2) is 0 Å². The number of nitrogens with one attached hydrogen (secondary N) is 2. The lowest BCUT2D eigenvalue weighted by Gasteiger charge is -2.17. The standard InChI is InChI=1S/C19H23N3O/c1-13-9-8-10-14(2)18(13)20-16(4)19(23)22-21-15(3)17-11-6-5-7-12-17/h5-12,16,20H,1-4H3,(H,22,23)/b21-15-/t16-/m0/s1. The highest BCUT2D eigenvalue weighted by Gasteiger charge is 2.14. The van der Waals surface area contributed by atoms with Gasteiger partial charge in [0, 0.05) is 5.69 Å². The summed E-state index contributed by atoms with van der Waals surface area (Å²) in [5, 5.41) is 7.44. The van der Waals surface area contributed by atoms with Crippen LogP contribution in [0, 0.1) is 13.8 Å². The maximum absolute atomic E-state index is 12.2. The fourth-order valence-electron chi connectivity index (χ4n) is 2.30. The number of hydrogen-bond donors (Lipinski definition) is 2. The van der Waals surface area contributed by atoms with Crippen molar-refractivity contribution in [3.8, 4) is 0 Å². The van der Waals surface area contributed by atoms with Crippen LogP contribution in [-0.4, -0.2) is 17.7 Å². The third-order valence-corrected chi connectivity index (χ3v) is 3.76. The molecule has 2 aromatic rings. The average molecular weight is 309 g/mol. The van der Waals surface area contributed by atoms with Crippen LogP contribution in [0.2, 0.25) is 0 Å². The number of aryl methyl sites for hydroxylation is 2. The largest absolute Gasteiger partial charge is 0.373 e. The molecule has 4 nitrogen and oxygen atoms in total. The van der Waals surface area contributed by atoms with Crippen molar-refractivity contribution in [2.75, 3.05) is 5.32 Å². The molecule has 0 radical (unpaired) electrons. The summed E-state index contributed by atoms with van der Waals surface area (Å²) in [6.07, 6.45) is 0. The number of carbonyl (C=O) groups is 1. The number of hydrogen-bond acceptors (Lipinski definition) is 3. The fourth-order valence-corrected chi connectivity index (χ4v) is 2.30.